The van der Waals surface area contributed by atoms with Crippen LogP contribution in [0, 0.1) is 19.8 Å². The van der Waals surface area contributed by atoms with Gasteiger partial charge in [0.1, 0.15) is 17.3 Å². The van der Waals surface area contributed by atoms with E-state index in [4.69, 9.17) is 16.6 Å². The van der Waals surface area contributed by atoms with Crippen LogP contribution in [0.15, 0.2) is 22.6 Å². The van der Waals surface area contributed by atoms with E-state index in [0.717, 1.165) is 36.1 Å². The van der Waals surface area contributed by atoms with Gasteiger partial charge in [0.2, 0.25) is 5.95 Å². The van der Waals surface area contributed by atoms with Gasteiger partial charge >= 0.3 is 0 Å². The van der Waals surface area contributed by atoms with E-state index < -0.39 is 0 Å². The normalized spacial score (nSPS) is 17.4. The lowest BCUT2D eigenvalue weighted by Crippen LogP contribution is -2.35. The topological polar surface area (TPSA) is 66.2 Å². The summed E-state index contributed by atoms with van der Waals surface area (Å²) in [5.74, 6) is 3.92. The molecule has 1 aliphatic heterocycles. The van der Waals surface area contributed by atoms with E-state index in [0.29, 0.717) is 23.5 Å². The zero-order valence-electron chi connectivity index (χ0n) is 15.0. The summed E-state index contributed by atoms with van der Waals surface area (Å²) >= 11 is 5.35. The lowest BCUT2D eigenvalue weighted by atomic mass is 10.0. The minimum absolute atomic E-state index is 0.484. The monoisotopic (exact) mass is 359 g/mol. The predicted molar refractivity (Wildman–Crippen MR) is 104 cm³/mol. The summed E-state index contributed by atoms with van der Waals surface area (Å²) in [7, 11) is 0. The fourth-order valence-corrected chi connectivity index (χ4v) is 3.22. The van der Waals surface area contributed by atoms with Crippen LogP contribution in [0.25, 0.3) is 0 Å². The van der Waals surface area contributed by atoms with E-state index in [1.54, 1.807) is 0 Å². The average Bonchev–Trinajstić information content (AvgIpc) is 2.98. The number of hydrogen-bond acceptors (Lipinski definition) is 5. The van der Waals surface area contributed by atoms with Crippen LogP contribution in [-0.2, 0) is 6.54 Å². The highest BCUT2D eigenvalue weighted by atomic mass is 32.1. The molecule has 0 aliphatic carbocycles. The number of furan rings is 1. The van der Waals surface area contributed by atoms with Crippen LogP contribution >= 0.6 is 12.2 Å². The molecule has 7 heteroatoms. The third-order valence-corrected chi connectivity index (χ3v) is 4.51. The summed E-state index contributed by atoms with van der Waals surface area (Å²) in [5.41, 5.74) is 0.926. The van der Waals surface area contributed by atoms with Crippen LogP contribution in [-0.4, -0.2) is 28.2 Å². The summed E-state index contributed by atoms with van der Waals surface area (Å²) in [6.07, 6.45) is 2.49. The van der Waals surface area contributed by atoms with Gasteiger partial charge in [-0.25, -0.2) is 4.98 Å². The van der Waals surface area contributed by atoms with Crippen LogP contribution in [0.2, 0.25) is 0 Å². The lowest BCUT2D eigenvalue weighted by Gasteiger charge is -2.32. The second-order valence-corrected chi connectivity index (χ2v) is 7.11. The van der Waals surface area contributed by atoms with Crippen molar-refractivity contribution >= 4 is 29.1 Å². The molecule has 0 unspecified atom stereocenters. The molecule has 1 fully saturated rings. The first-order valence-electron chi connectivity index (χ1n) is 8.70. The molecule has 2 aromatic rings. The number of aryl methyl sites for hydroxylation is 2. The van der Waals surface area contributed by atoms with Crippen molar-refractivity contribution < 1.29 is 4.42 Å². The van der Waals surface area contributed by atoms with Crippen molar-refractivity contribution in [1.29, 1.82) is 0 Å². The van der Waals surface area contributed by atoms with Crippen molar-refractivity contribution in [1.82, 2.24) is 15.3 Å². The molecule has 3 heterocycles. The Morgan fingerprint density at radius 3 is 2.92 bits per heavy atom. The van der Waals surface area contributed by atoms with E-state index in [1.165, 1.54) is 12.8 Å². The lowest BCUT2D eigenvalue weighted by molar-refractivity contribution is 0.444. The minimum Gasteiger partial charge on any atom is -0.465 e. The molecule has 0 spiro atoms. The predicted octanol–water partition coefficient (Wildman–Crippen LogP) is 3.41. The summed E-state index contributed by atoms with van der Waals surface area (Å²) in [5, 5.41) is 6.68. The number of piperidine rings is 1. The van der Waals surface area contributed by atoms with Gasteiger partial charge in [0.15, 0.2) is 5.11 Å². The highest BCUT2D eigenvalue weighted by Gasteiger charge is 2.18. The van der Waals surface area contributed by atoms with Crippen molar-refractivity contribution in [2.75, 3.05) is 23.3 Å². The number of aromatic nitrogens is 2. The number of nitrogens with one attached hydrogen (secondary N) is 2. The zero-order valence-corrected chi connectivity index (χ0v) is 15.8. The van der Waals surface area contributed by atoms with E-state index in [-0.39, 0.29) is 0 Å². The number of rotatable bonds is 4. The summed E-state index contributed by atoms with van der Waals surface area (Å²) in [6, 6.07) is 5.90. The Morgan fingerprint density at radius 1 is 1.36 bits per heavy atom. The Morgan fingerprint density at radius 2 is 2.20 bits per heavy atom. The van der Waals surface area contributed by atoms with Crippen molar-refractivity contribution in [2.45, 2.75) is 40.2 Å². The molecule has 0 amide bonds. The van der Waals surface area contributed by atoms with Gasteiger partial charge in [-0.3, -0.25) is 0 Å². The van der Waals surface area contributed by atoms with Gasteiger partial charge in [-0.05, 0) is 57.0 Å². The maximum absolute atomic E-state index is 5.52. The number of nitrogens with zero attached hydrogens (tertiary/aromatic N) is 3. The second kappa shape index (κ2) is 7.82. The van der Waals surface area contributed by atoms with Gasteiger partial charge in [-0.15, -0.1) is 0 Å². The molecule has 0 bridgehead atoms. The second-order valence-electron chi connectivity index (χ2n) is 6.70. The van der Waals surface area contributed by atoms with E-state index >= 15 is 0 Å². The summed E-state index contributed by atoms with van der Waals surface area (Å²) in [4.78, 5) is 11.4. The molecular weight excluding hydrogens is 334 g/mol. The highest BCUT2D eigenvalue weighted by molar-refractivity contribution is 7.80. The molecule has 1 aliphatic rings. The Labute approximate surface area is 154 Å². The van der Waals surface area contributed by atoms with Crippen molar-refractivity contribution in [3.05, 3.63) is 35.4 Å². The fourth-order valence-electron chi connectivity index (χ4n) is 3.06. The molecule has 2 N–H and O–H groups in total. The molecule has 1 atom stereocenters. The molecule has 1 saturated heterocycles. The van der Waals surface area contributed by atoms with E-state index in [1.807, 2.05) is 32.0 Å². The molecule has 6 nitrogen and oxygen atoms in total. The highest BCUT2D eigenvalue weighted by Crippen LogP contribution is 2.22. The van der Waals surface area contributed by atoms with Crippen LogP contribution < -0.4 is 15.5 Å². The molecule has 25 heavy (non-hydrogen) atoms. The molecule has 0 aromatic carbocycles. The Kier molecular flexibility index (Phi) is 5.53. The first kappa shape index (κ1) is 17.7. The molecule has 3 rings (SSSR count). The number of anilines is 2. The molecule has 0 radical (unpaired) electrons. The van der Waals surface area contributed by atoms with Crippen LogP contribution in [0.4, 0.5) is 11.8 Å². The van der Waals surface area contributed by atoms with Crippen molar-refractivity contribution in [3.8, 4) is 0 Å². The molecular formula is C18H25N5OS. The SMILES string of the molecule is Cc1cc(N2CCC[C@H](C)C2)nc(NC(=S)NCc2ccc(C)o2)n1. The molecule has 134 valence electrons. The van der Waals surface area contributed by atoms with E-state index in [2.05, 4.69) is 32.4 Å². The van der Waals surface area contributed by atoms with Crippen LogP contribution in [0.1, 0.15) is 37.0 Å². The Balaban J connectivity index is 1.62. The average molecular weight is 359 g/mol. The van der Waals surface area contributed by atoms with Crippen LogP contribution in [0.5, 0.6) is 0 Å². The molecule has 2 aromatic heterocycles. The maximum Gasteiger partial charge on any atom is 0.231 e. The quantitative estimate of drug-likeness (QED) is 0.811. The van der Waals surface area contributed by atoms with Gasteiger partial charge in [0.05, 0.1) is 6.54 Å². The third-order valence-electron chi connectivity index (χ3n) is 4.27. The maximum atomic E-state index is 5.52. The first-order valence-corrected chi connectivity index (χ1v) is 9.11. The molecule has 0 saturated carbocycles. The number of hydrogen-bond donors (Lipinski definition) is 2. The standard InChI is InChI=1S/C18H25N5OS/c1-12-5-4-8-23(11-12)16-9-13(2)20-17(21-16)22-18(25)19-10-15-7-6-14(3)24-15/h6-7,9,12H,4-5,8,10-11H2,1-3H3,(H2,19,20,21,22,25)/t12-/m0/s1. The summed E-state index contributed by atoms with van der Waals surface area (Å²) in [6.45, 7) is 8.80. The fraction of sp³-hybridized carbons (Fsp3) is 0.500. The Hall–Kier alpha value is -2.15. The van der Waals surface area contributed by atoms with Gasteiger partial charge in [0, 0.05) is 24.8 Å². The summed E-state index contributed by atoms with van der Waals surface area (Å²) < 4.78 is 5.52. The zero-order chi connectivity index (χ0) is 17.8. The van der Waals surface area contributed by atoms with Gasteiger partial charge in [-0.1, -0.05) is 6.92 Å². The third kappa shape index (κ3) is 4.92. The number of thiocarbonyl (C=S) groups is 1. The largest absolute Gasteiger partial charge is 0.465 e. The van der Waals surface area contributed by atoms with Crippen molar-refractivity contribution in [2.24, 2.45) is 5.92 Å². The van der Waals surface area contributed by atoms with E-state index in [9.17, 15) is 0 Å². The first-order chi connectivity index (χ1) is 12.0. The van der Waals surface area contributed by atoms with Crippen LogP contribution in [0.3, 0.4) is 0 Å². The smallest absolute Gasteiger partial charge is 0.231 e. The Bertz CT molecular complexity index is 745. The van der Waals surface area contributed by atoms with Gasteiger partial charge < -0.3 is 20.0 Å². The minimum atomic E-state index is 0.484. The van der Waals surface area contributed by atoms with Gasteiger partial charge in [0.25, 0.3) is 0 Å². The van der Waals surface area contributed by atoms with Crippen molar-refractivity contribution in [3.63, 3.8) is 0 Å². The van der Waals surface area contributed by atoms with Gasteiger partial charge in [-0.2, -0.15) is 4.98 Å².